The first kappa shape index (κ1) is 57.2. The number of benzene rings is 2. The number of aromatic nitrogens is 2. The number of carbonyl (C=O) groups is 10. The number of nitrogens with zero attached hydrogens (tertiary/aromatic N) is 3. The van der Waals surface area contributed by atoms with Gasteiger partial charge in [-0.25, -0.2) is 14.2 Å². The lowest BCUT2D eigenvalue weighted by atomic mass is 9.81. The molecule has 2 aromatic heterocycles. The summed E-state index contributed by atoms with van der Waals surface area (Å²) < 4.78 is 22.2. The highest BCUT2D eigenvalue weighted by Gasteiger charge is 2.46. The number of halogens is 1. The molecule has 5 heterocycles. The Morgan fingerprint density at radius 2 is 1.66 bits per heavy atom. The number of nitrogens with one attached hydrogen (secondary N) is 4. The summed E-state index contributed by atoms with van der Waals surface area (Å²) in [6.07, 6.45) is 0.552. The monoisotopic (exact) mass is 1090 g/mol. The third-order valence-electron chi connectivity index (χ3n) is 15.5. The van der Waals surface area contributed by atoms with Crippen LogP contribution in [0.1, 0.15) is 136 Å². The van der Waals surface area contributed by atoms with Crippen LogP contribution in [0.4, 0.5) is 4.39 Å². The molecule has 8 rings (SSSR count). The summed E-state index contributed by atoms with van der Waals surface area (Å²) in [5.41, 5.74) is 1.64. The Morgan fingerprint density at radius 1 is 0.899 bits per heavy atom. The largest absolute Gasteiger partial charge is 0.481 e. The van der Waals surface area contributed by atoms with Crippen molar-refractivity contribution in [2.24, 2.45) is 11.8 Å². The number of carbonyl (C=O) groups excluding carboxylic acids is 9. The molecule has 2 aromatic carbocycles. The van der Waals surface area contributed by atoms with Gasteiger partial charge in [0.1, 0.15) is 12.4 Å². The van der Waals surface area contributed by atoms with Crippen molar-refractivity contribution in [2.45, 2.75) is 141 Å². The van der Waals surface area contributed by atoms with Crippen molar-refractivity contribution in [1.82, 2.24) is 35.7 Å². The van der Waals surface area contributed by atoms with E-state index in [1.807, 2.05) is 0 Å². The molecule has 6 amide bonds. The van der Waals surface area contributed by atoms with E-state index in [0.29, 0.717) is 71.1 Å². The van der Waals surface area contributed by atoms with E-state index < -0.39 is 102 Å². The maximum Gasteiger partial charge on any atom is 0.343 e. The summed E-state index contributed by atoms with van der Waals surface area (Å²) in [5, 5.41) is 32.0. The van der Waals surface area contributed by atoms with E-state index in [1.54, 1.807) is 57.2 Å². The number of hydrogen-bond donors (Lipinski definition) is 6. The molecule has 0 bridgehead atoms. The van der Waals surface area contributed by atoms with Gasteiger partial charge in [-0.05, 0) is 80.2 Å². The number of hydrogen-bond acceptors (Lipinski definition) is 14. The van der Waals surface area contributed by atoms with Crippen LogP contribution in [0.25, 0.3) is 22.3 Å². The highest BCUT2D eigenvalue weighted by atomic mass is 19.1. The minimum atomic E-state index is -2.07. The number of pyridine rings is 2. The summed E-state index contributed by atoms with van der Waals surface area (Å²) in [7, 11) is 0. The number of ketones is 2. The molecular formula is C57H64FN7O14. The lowest BCUT2D eigenvalue weighted by Gasteiger charge is -2.31. The van der Waals surface area contributed by atoms with Crippen LogP contribution in [0.15, 0.2) is 47.3 Å². The molecule has 79 heavy (non-hydrogen) atoms. The molecular weight excluding hydrogens is 1030 g/mol. The van der Waals surface area contributed by atoms with Crippen molar-refractivity contribution in [3.8, 4) is 11.4 Å². The molecule has 1 aliphatic carbocycles. The number of imide groups is 1. The van der Waals surface area contributed by atoms with E-state index >= 15 is 4.39 Å². The number of rotatable bonds is 25. The van der Waals surface area contributed by atoms with Gasteiger partial charge < -0.3 is 40.8 Å². The van der Waals surface area contributed by atoms with E-state index in [-0.39, 0.29) is 105 Å². The van der Waals surface area contributed by atoms with Crippen LogP contribution in [0, 0.1) is 24.6 Å². The number of unbranched alkanes of at least 4 members (excludes halogenated alkanes) is 2. The van der Waals surface area contributed by atoms with Crippen LogP contribution < -0.4 is 26.8 Å². The van der Waals surface area contributed by atoms with Crippen molar-refractivity contribution in [3.05, 3.63) is 97.6 Å². The second kappa shape index (κ2) is 24.3. The fraction of sp³-hybridized carbons (Fsp3) is 0.474. The first-order valence-corrected chi connectivity index (χ1v) is 26.8. The van der Waals surface area contributed by atoms with E-state index in [9.17, 15) is 63.0 Å². The minimum Gasteiger partial charge on any atom is -0.481 e. The van der Waals surface area contributed by atoms with Crippen LogP contribution in [0.2, 0.25) is 0 Å². The summed E-state index contributed by atoms with van der Waals surface area (Å²) in [4.78, 5) is 149. The average molecular weight is 1090 g/mol. The number of amides is 6. The number of likely N-dealkylation sites (tertiary alicyclic amines) is 1. The molecule has 5 atom stereocenters. The van der Waals surface area contributed by atoms with Gasteiger partial charge in [0, 0.05) is 79.5 Å². The molecule has 6 N–H and O–H groups in total. The van der Waals surface area contributed by atoms with E-state index in [0.717, 1.165) is 5.56 Å². The van der Waals surface area contributed by atoms with Crippen LogP contribution in [-0.4, -0.2) is 109 Å². The van der Waals surface area contributed by atoms with Crippen LogP contribution in [0.3, 0.4) is 0 Å². The molecule has 0 radical (unpaired) electrons. The Morgan fingerprint density at radius 3 is 2.37 bits per heavy atom. The standard InChI is InChI=1S/C57H64FN7O14/c1-4-57(78)38-24-43-52-36(28-65(43)55(76)37(38)29-79-56(57)77)51-41(15-14-35-31(3)39(58)25-42(63-52)50(35)51)62-47(70)27-60-53(74)33(22-32-11-7-5-8-12-32)23-34(66)26-59-45(68)18-17-44(67)40(16-19-49(72)73)61-46(69)13-9-6-10-20-64-48(71)21-30(2)54(64)75/h5,7-8,11-12,24-25,30,33,40-41,78H,4,6,9-10,13-23,26-29H2,1-3H3,(H,59,68)(H,60,74)(H,61,69)(H,62,70)(H,72,73)/t30?,33-,40+,41+,57+/m1/s1. The molecule has 22 heteroatoms. The van der Waals surface area contributed by atoms with Crippen LogP contribution in [-0.2, 0) is 84.3 Å². The minimum absolute atomic E-state index is 0.00426. The molecule has 0 spiro atoms. The maximum atomic E-state index is 15.5. The first-order chi connectivity index (χ1) is 37.7. The Hall–Kier alpha value is -8.01. The molecule has 3 aliphatic heterocycles. The van der Waals surface area contributed by atoms with Crippen molar-refractivity contribution in [1.29, 1.82) is 0 Å². The fourth-order valence-electron chi connectivity index (χ4n) is 11.1. The van der Waals surface area contributed by atoms with Gasteiger partial charge in [0.25, 0.3) is 5.56 Å². The third-order valence-corrected chi connectivity index (χ3v) is 15.5. The fourth-order valence-corrected chi connectivity index (χ4v) is 11.1. The second-order valence-corrected chi connectivity index (χ2v) is 20.9. The first-order valence-electron chi connectivity index (χ1n) is 26.8. The van der Waals surface area contributed by atoms with Gasteiger partial charge >= 0.3 is 11.9 Å². The Bertz CT molecular complexity index is 3230. The molecule has 418 valence electrons. The zero-order valence-corrected chi connectivity index (χ0v) is 44.3. The summed E-state index contributed by atoms with van der Waals surface area (Å²) in [5.74, 6) is -7.85. The third kappa shape index (κ3) is 12.5. The number of fused-ring (bicyclic) bond motifs is 5. The quantitative estimate of drug-likeness (QED) is 0.0278. The Labute approximate surface area is 453 Å². The van der Waals surface area contributed by atoms with Gasteiger partial charge in [0.05, 0.1) is 54.2 Å². The number of aryl methyl sites for hydroxylation is 1. The van der Waals surface area contributed by atoms with E-state index in [4.69, 9.17) is 9.72 Å². The van der Waals surface area contributed by atoms with Crippen LogP contribution in [0.5, 0.6) is 0 Å². The van der Waals surface area contributed by atoms with Gasteiger partial charge in [-0.3, -0.25) is 52.8 Å². The molecule has 21 nitrogen and oxygen atoms in total. The smallest absolute Gasteiger partial charge is 0.343 e. The molecule has 0 saturated carbocycles. The van der Waals surface area contributed by atoms with Crippen molar-refractivity contribution in [2.75, 3.05) is 19.6 Å². The van der Waals surface area contributed by atoms with Gasteiger partial charge in [-0.15, -0.1) is 0 Å². The Kier molecular flexibility index (Phi) is 17.6. The number of Topliss-reactive ketones (excluding diaryl/α,β-unsaturated/α-hetero) is 2. The second-order valence-electron chi connectivity index (χ2n) is 20.9. The Balaban J connectivity index is 0.871. The predicted molar refractivity (Wildman–Crippen MR) is 280 cm³/mol. The highest BCUT2D eigenvalue weighted by Crippen LogP contribution is 2.46. The van der Waals surface area contributed by atoms with E-state index in [1.165, 1.54) is 15.5 Å². The molecule has 4 aliphatic rings. The van der Waals surface area contributed by atoms with Crippen LogP contribution >= 0.6 is 0 Å². The van der Waals surface area contributed by atoms with Gasteiger partial charge in [-0.2, -0.15) is 0 Å². The number of carboxylic acid groups (broad SMARTS) is 1. The van der Waals surface area contributed by atoms with Gasteiger partial charge in [0.15, 0.2) is 17.2 Å². The number of aliphatic carboxylic acids is 1. The van der Waals surface area contributed by atoms with Crippen molar-refractivity contribution >= 4 is 69.9 Å². The summed E-state index contributed by atoms with van der Waals surface area (Å²) in [6, 6.07) is 9.84. The normalized spacial score (nSPS) is 18.7. The zero-order valence-electron chi connectivity index (χ0n) is 44.3. The molecule has 1 fully saturated rings. The van der Waals surface area contributed by atoms with E-state index in [2.05, 4.69) is 21.3 Å². The summed E-state index contributed by atoms with van der Waals surface area (Å²) >= 11 is 0. The zero-order chi connectivity index (χ0) is 56.9. The molecule has 4 aromatic rings. The average Bonchev–Trinajstić information content (AvgIpc) is 4.03. The predicted octanol–water partition coefficient (Wildman–Crippen LogP) is 3.34. The number of ether oxygens (including phenoxy) is 1. The van der Waals surface area contributed by atoms with Gasteiger partial charge in [0.2, 0.25) is 35.4 Å². The number of aliphatic hydroxyl groups is 1. The number of esters is 1. The lowest BCUT2D eigenvalue weighted by Crippen LogP contribution is -2.44. The number of cyclic esters (lactones) is 1. The van der Waals surface area contributed by atoms with Gasteiger partial charge in [-0.1, -0.05) is 50.6 Å². The summed E-state index contributed by atoms with van der Waals surface area (Å²) in [6.45, 7) is 3.88. The highest BCUT2D eigenvalue weighted by molar-refractivity contribution is 6.03. The molecule has 1 saturated heterocycles. The van der Waals surface area contributed by atoms with Crippen molar-refractivity contribution < 1.29 is 67.3 Å². The number of carboxylic acids is 1. The topological polar surface area (TPSA) is 307 Å². The maximum absolute atomic E-state index is 15.5. The van der Waals surface area contributed by atoms with Crippen molar-refractivity contribution in [3.63, 3.8) is 0 Å². The SMILES string of the molecule is CC[C@@]1(O)C(=O)OCc2c1cc1n(c2=O)Cc2c-1nc1cc(F)c(C)c3c1c2[C@@H](NC(=O)CNC(=O)[C@@H](CC(=O)CNC(=O)CCC(=O)[C@H](CCC(=O)O)NC(=O)CCCCCN1C(=O)CC(C)C1=O)Cc1ccccc1)CC3. The lowest BCUT2D eigenvalue weighted by molar-refractivity contribution is -0.172. The molecule has 1 unspecified atom stereocenters.